The van der Waals surface area contributed by atoms with Crippen LogP contribution in [0, 0.1) is 5.82 Å². The number of hydrogen-bond donors (Lipinski definition) is 0. The number of rotatable bonds is 4. The number of benzene rings is 1. The third-order valence-electron chi connectivity index (χ3n) is 3.71. The Morgan fingerprint density at radius 3 is 2.52 bits per heavy atom. The Hall–Kier alpha value is -3.11. The van der Waals surface area contributed by atoms with Crippen molar-refractivity contribution in [3.05, 3.63) is 76.6 Å². The van der Waals surface area contributed by atoms with Gasteiger partial charge in [0.05, 0.1) is 11.3 Å². The first-order valence-electron chi connectivity index (χ1n) is 7.56. The summed E-state index contributed by atoms with van der Waals surface area (Å²) in [5, 5.41) is 1.60. The Morgan fingerprint density at radius 2 is 1.89 bits per heavy atom. The Bertz CT molecular complexity index is 1250. The van der Waals surface area contributed by atoms with Crippen LogP contribution in [0.25, 0.3) is 22.5 Å². The molecule has 0 aliphatic rings. The van der Waals surface area contributed by atoms with Crippen molar-refractivity contribution in [2.45, 2.75) is 4.21 Å². The van der Waals surface area contributed by atoms with E-state index >= 15 is 0 Å². The summed E-state index contributed by atoms with van der Waals surface area (Å²) in [6, 6.07) is 9.51. The van der Waals surface area contributed by atoms with Gasteiger partial charge in [-0.15, -0.1) is 11.3 Å². The van der Waals surface area contributed by atoms with Crippen molar-refractivity contribution in [2.75, 3.05) is 0 Å². The van der Waals surface area contributed by atoms with E-state index in [1.54, 1.807) is 11.4 Å². The van der Waals surface area contributed by atoms with E-state index in [0.717, 1.165) is 11.3 Å². The molecule has 0 amide bonds. The number of halogens is 1. The number of aromatic nitrogens is 3. The van der Waals surface area contributed by atoms with Gasteiger partial charge in [-0.05, 0) is 35.2 Å². The van der Waals surface area contributed by atoms with Crippen LogP contribution >= 0.6 is 11.3 Å². The third kappa shape index (κ3) is 2.98. The van der Waals surface area contributed by atoms with Crippen LogP contribution in [0.3, 0.4) is 0 Å². The van der Waals surface area contributed by atoms with Gasteiger partial charge in [-0.1, -0.05) is 22.3 Å². The summed E-state index contributed by atoms with van der Waals surface area (Å²) in [4.78, 5) is 20.4. The van der Waals surface area contributed by atoms with E-state index < -0.39 is 21.5 Å². The van der Waals surface area contributed by atoms with Crippen molar-refractivity contribution in [3.63, 3.8) is 0 Å². The molecule has 0 aliphatic carbocycles. The van der Waals surface area contributed by atoms with Crippen LogP contribution in [0.5, 0.6) is 0 Å². The molecule has 3 aromatic heterocycles. The van der Waals surface area contributed by atoms with Crippen molar-refractivity contribution in [3.8, 4) is 22.5 Å². The van der Waals surface area contributed by atoms with Crippen LogP contribution in [-0.4, -0.2) is 22.5 Å². The second kappa shape index (κ2) is 6.56. The summed E-state index contributed by atoms with van der Waals surface area (Å²) >= 11 is 0.988. The van der Waals surface area contributed by atoms with Gasteiger partial charge in [0.25, 0.3) is 0 Å². The fourth-order valence-corrected chi connectivity index (χ4v) is 4.85. The highest BCUT2D eigenvalue weighted by atomic mass is 32.2. The molecule has 0 saturated heterocycles. The van der Waals surface area contributed by atoms with Gasteiger partial charge in [-0.3, -0.25) is 0 Å². The largest absolute Gasteiger partial charge is 0.367 e. The molecule has 136 valence electrons. The van der Waals surface area contributed by atoms with Crippen molar-refractivity contribution in [2.24, 2.45) is 0 Å². The Labute approximate surface area is 156 Å². The van der Waals surface area contributed by atoms with Gasteiger partial charge in [0.2, 0.25) is 0 Å². The van der Waals surface area contributed by atoms with Gasteiger partial charge < -0.3 is 4.52 Å². The van der Waals surface area contributed by atoms with E-state index in [9.17, 15) is 17.6 Å². The zero-order chi connectivity index (χ0) is 19.0. The summed E-state index contributed by atoms with van der Waals surface area (Å²) < 4.78 is 44.9. The first-order chi connectivity index (χ1) is 13.0. The van der Waals surface area contributed by atoms with Gasteiger partial charge in [0.1, 0.15) is 22.0 Å². The first kappa shape index (κ1) is 17.3. The highest BCUT2D eigenvalue weighted by Crippen LogP contribution is 2.32. The van der Waals surface area contributed by atoms with Crippen LogP contribution in [0.4, 0.5) is 4.39 Å². The molecule has 4 aromatic rings. The quantitative estimate of drug-likeness (QED) is 0.520. The lowest BCUT2D eigenvalue weighted by Crippen LogP contribution is -2.13. The average Bonchev–Trinajstić information content (AvgIpc) is 3.32. The van der Waals surface area contributed by atoms with Gasteiger partial charge in [0, 0.05) is 6.20 Å². The Balaban J connectivity index is 2.06. The SMILES string of the molecule is O=c1on(S(=O)(=O)c2cccs2)c(-c2ccncn2)c1-c1ccc(F)cc1. The zero-order valence-electron chi connectivity index (χ0n) is 13.4. The molecule has 0 spiro atoms. The minimum absolute atomic E-state index is 0.00205. The molecule has 0 atom stereocenters. The van der Waals surface area contributed by atoms with E-state index in [2.05, 4.69) is 9.97 Å². The minimum atomic E-state index is -4.16. The number of nitrogens with zero attached hydrogens (tertiary/aromatic N) is 3. The molecule has 0 unspecified atom stereocenters. The molecule has 0 aliphatic heterocycles. The molecule has 10 heteroatoms. The van der Waals surface area contributed by atoms with E-state index in [4.69, 9.17) is 4.52 Å². The molecule has 0 fully saturated rings. The second-order valence-electron chi connectivity index (χ2n) is 5.37. The average molecular weight is 403 g/mol. The van der Waals surface area contributed by atoms with Gasteiger partial charge in [0.15, 0.2) is 0 Å². The lowest BCUT2D eigenvalue weighted by molar-refractivity contribution is 0.346. The molecular weight excluding hydrogens is 393 g/mol. The highest BCUT2D eigenvalue weighted by molar-refractivity contribution is 7.92. The summed E-state index contributed by atoms with van der Waals surface area (Å²) in [7, 11) is -4.16. The van der Waals surface area contributed by atoms with Crippen LogP contribution in [0.1, 0.15) is 0 Å². The monoisotopic (exact) mass is 403 g/mol. The van der Waals surface area contributed by atoms with Crippen LogP contribution in [0.2, 0.25) is 0 Å². The molecule has 0 bridgehead atoms. The predicted molar refractivity (Wildman–Crippen MR) is 96.3 cm³/mol. The maximum Gasteiger partial charge on any atom is 0.367 e. The Morgan fingerprint density at radius 1 is 1.11 bits per heavy atom. The summed E-state index contributed by atoms with van der Waals surface area (Å²) in [6.45, 7) is 0. The van der Waals surface area contributed by atoms with E-state index in [-0.39, 0.29) is 21.2 Å². The van der Waals surface area contributed by atoms with Crippen molar-refractivity contribution >= 4 is 21.4 Å². The molecular formula is C17H10FN3O4S2. The fraction of sp³-hybridized carbons (Fsp3) is 0. The summed E-state index contributed by atoms with van der Waals surface area (Å²) in [5.41, 5.74) is -0.485. The summed E-state index contributed by atoms with van der Waals surface area (Å²) in [6.07, 6.45) is 2.64. The Kier molecular flexibility index (Phi) is 4.21. The standard InChI is InChI=1S/C17H10FN3O4S2/c18-12-5-3-11(4-6-12)15-16(13-7-8-19-10-20-13)21(25-17(15)22)27(23,24)14-2-1-9-26-14/h1-10H. The van der Waals surface area contributed by atoms with Crippen LogP contribution in [-0.2, 0) is 10.0 Å². The molecule has 0 saturated carbocycles. The fourth-order valence-electron chi connectivity index (χ4n) is 2.54. The molecule has 0 radical (unpaired) electrons. The maximum atomic E-state index is 13.3. The minimum Gasteiger partial charge on any atom is -0.320 e. The summed E-state index contributed by atoms with van der Waals surface area (Å²) in [5.74, 6) is -0.489. The smallest absolute Gasteiger partial charge is 0.320 e. The second-order valence-corrected chi connectivity index (χ2v) is 8.30. The lowest BCUT2D eigenvalue weighted by atomic mass is 10.0. The molecule has 27 heavy (non-hydrogen) atoms. The van der Waals surface area contributed by atoms with E-state index in [0.29, 0.717) is 9.71 Å². The van der Waals surface area contributed by atoms with Gasteiger partial charge in [-0.25, -0.2) is 19.2 Å². The van der Waals surface area contributed by atoms with Crippen molar-refractivity contribution in [1.82, 2.24) is 14.1 Å². The predicted octanol–water partition coefficient (Wildman–Crippen LogP) is 3.00. The lowest BCUT2D eigenvalue weighted by Gasteiger charge is -2.07. The molecule has 1 aromatic carbocycles. The first-order valence-corrected chi connectivity index (χ1v) is 9.88. The molecule has 4 rings (SSSR count). The normalized spacial score (nSPS) is 11.6. The maximum absolute atomic E-state index is 13.3. The topological polar surface area (TPSA) is 95.1 Å². The molecule has 3 heterocycles. The highest BCUT2D eigenvalue weighted by Gasteiger charge is 2.30. The van der Waals surface area contributed by atoms with Gasteiger partial charge >= 0.3 is 15.6 Å². The third-order valence-corrected chi connectivity index (χ3v) is 6.63. The van der Waals surface area contributed by atoms with E-state index in [1.165, 1.54) is 48.9 Å². The van der Waals surface area contributed by atoms with E-state index in [1.807, 2.05) is 0 Å². The molecule has 7 nitrogen and oxygen atoms in total. The molecule has 0 N–H and O–H groups in total. The van der Waals surface area contributed by atoms with Gasteiger partial charge in [-0.2, -0.15) is 8.42 Å². The zero-order valence-corrected chi connectivity index (χ0v) is 15.1. The van der Waals surface area contributed by atoms with Crippen LogP contribution < -0.4 is 5.63 Å². The number of thiophene rings is 1. The number of hydrogen-bond acceptors (Lipinski definition) is 7. The van der Waals surface area contributed by atoms with Crippen molar-refractivity contribution in [1.29, 1.82) is 0 Å². The van der Waals surface area contributed by atoms with Crippen molar-refractivity contribution < 1.29 is 17.3 Å². The van der Waals surface area contributed by atoms with Crippen LogP contribution in [0.15, 0.2) is 73.9 Å².